The molecule has 0 spiro atoms. The highest BCUT2D eigenvalue weighted by molar-refractivity contribution is 7.82. The Kier molecular flexibility index (Phi) is 8.93. The highest BCUT2D eigenvalue weighted by atomic mass is 31.2. The van der Waals surface area contributed by atoms with Crippen LogP contribution in [0.25, 0.3) is 6.08 Å². The first kappa shape index (κ1) is 18.4. The van der Waals surface area contributed by atoms with Gasteiger partial charge in [-0.15, -0.1) is 0 Å². The Bertz CT molecular complexity index is 369. The fraction of sp³-hybridized carbons (Fsp3) is 0.600. The highest BCUT2D eigenvalue weighted by Crippen LogP contribution is 2.59. The normalized spacial score (nSPS) is 11.6. The van der Waals surface area contributed by atoms with E-state index in [2.05, 4.69) is 51.6 Å². The van der Waals surface area contributed by atoms with Crippen LogP contribution in [0.15, 0.2) is 30.8 Å². The molecule has 1 aromatic carbocycles. The molecule has 1 aromatic rings. The van der Waals surface area contributed by atoms with Gasteiger partial charge in [0.15, 0.2) is 0 Å². The minimum atomic E-state index is -0.963. The van der Waals surface area contributed by atoms with E-state index in [-0.39, 0.29) is 0 Å². The third-order valence-electron chi connectivity index (χ3n) is 4.50. The van der Waals surface area contributed by atoms with Crippen LogP contribution in [0.1, 0.15) is 64.9 Å². The van der Waals surface area contributed by atoms with Crippen LogP contribution in [-0.2, 0) is 0 Å². The molecule has 0 aliphatic heterocycles. The number of hydrogen-bond donors (Lipinski definition) is 0. The third-order valence-corrected chi connectivity index (χ3v) is 9.41. The highest BCUT2D eigenvalue weighted by Gasteiger charge is 2.27. The van der Waals surface area contributed by atoms with E-state index in [1.807, 2.05) is 6.08 Å². The molecule has 1 radical (unpaired) electrons. The fourth-order valence-corrected chi connectivity index (χ4v) is 8.02. The van der Waals surface area contributed by atoms with Crippen molar-refractivity contribution in [1.29, 1.82) is 0 Å². The minimum Gasteiger partial charge on any atom is -0.0985 e. The lowest BCUT2D eigenvalue weighted by Gasteiger charge is -2.38. The average Bonchev–Trinajstić information content (AvgIpc) is 2.55. The van der Waals surface area contributed by atoms with E-state index in [4.69, 9.17) is 0 Å². The molecule has 1 rings (SSSR count). The van der Waals surface area contributed by atoms with E-state index >= 15 is 0 Å². The van der Waals surface area contributed by atoms with Crippen molar-refractivity contribution in [2.75, 3.05) is 18.5 Å². The number of rotatable bonds is 11. The first-order valence-electron chi connectivity index (χ1n) is 8.81. The predicted molar refractivity (Wildman–Crippen MR) is 102 cm³/mol. The van der Waals surface area contributed by atoms with E-state index in [1.165, 1.54) is 62.6 Å². The maximum Gasteiger partial charge on any atom is -0.0262 e. The van der Waals surface area contributed by atoms with Crippen molar-refractivity contribution in [3.63, 3.8) is 0 Å². The molecule has 0 atom stereocenters. The smallest absolute Gasteiger partial charge is 0.0262 e. The van der Waals surface area contributed by atoms with Gasteiger partial charge in [-0.2, -0.15) is 0 Å². The van der Waals surface area contributed by atoms with Gasteiger partial charge < -0.3 is 0 Å². The van der Waals surface area contributed by atoms with E-state index < -0.39 is 7.26 Å². The summed E-state index contributed by atoms with van der Waals surface area (Å²) in [6.07, 6.45) is 14.5. The molecule has 0 heterocycles. The second-order valence-electron chi connectivity index (χ2n) is 6.17. The summed E-state index contributed by atoms with van der Waals surface area (Å²) < 4.78 is 0. The monoisotopic (exact) mass is 305 g/mol. The van der Waals surface area contributed by atoms with Gasteiger partial charge in [-0.05, 0) is 48.6 Å². The standard InChI is InChI=1S/C20H34P/c1-5-9-16-21(17-10-6-2,18-11-7-3)20-14-12-19(8-4)13-15-20/h8,12-15H,4-7,9-11,16-18H2,1-3H3. The number of hydrogen-bond acceptors (Lipinski definition) is 0. The lowest BCUT2D eigenvalue weighted by Crippen LogP contribution is -2.21. The molecule has 0 fully saturated rings. The molecule has 0 nitrogen and oxygen atoms in total. The molecule has 21 heavy (non-hydrogen) atoms. The van der Waals surface area contributed by atoms with Crippen molar-refractivity contribution in [3.8, 4) is 0 Å². The van der Waals surface area contributed by atoms with Gasteiger partial charge in [-0.25, -0.2) is 0 Å². The zero-order valence-electron chi connectivity index (χ0n) is 14.4. The SMILES string of the molecule is C=Cc1ccc([P](CCCC)(CCCC)CCCC)cc1. The number of unbranched alkanes of at least 4 members (excludes halogenated alkanes) is 3. The van der Waals surface area contributed by atoms with Gasteiger partial charge in [-0.3, -0.25) is 0 Å². The van der Waals surface area contributed by atoms with Crippen molar-refractivity contribution in [1.82, 2.24) is 0 Å². The van der Waals surface area contributed by atoms with Gasteiger partial charge in [0.05, 0.1) is 0 Å². The van der Waals surface area contributed by atoms with Crippen LogP contribution < -0.4 is 5.30 Å². The van der Waals surface area contributed by atoms with Crippen LogP contribution in [0.5, 0.6) is 0 Å². The summed E-state index contributed by atoms with van der Waals surface area (Å²) in [5.74, 6) is 0. The lowest BCUT2D eigenvalue weighted by molar-refractivity contribution is 0.841. The van der Waals surface area contributed by atoms with Crippen LogP contribution >= 0.6 is 7.26 Å². The lowest BCUT2D eigenvalue weighted by atomic mass is 10.2. The van der Waals surface area contributed by atoms with Crippen molar-refractivity contribution < 1.29 is 0 Å². The van der Waals surface area contributed by atoms with Gasteiger partial charge in [0.2, 0.25) is 0 Å². The van der Waals surface area contributed by atoms with Crippen molar-refractivity contribution in [2.45, 2.75) is 59.3 Å². The molecule has 0 unspecified atom stereocenters. The molecule has 0 aliphatic rings. The Morgan fingerprint density at radius 3 is 1.57 bits per heavy atom. The molecule has 0 aromatic heterocycles. The first-order valence-corrected chi connectivity index (χ1v) is 11.2. The van der Waals surface area contributed by atoms with E-state index in [0.717, 1.165) is 0 Å². The van der Waals surface area contributed by atoms with Crippen molar-refractivity contribution in [3.05, 3.63) is 36.4 Å². The molecule has 0 saturated carbocycles. The molecule has 119 valence electrons. The molecule has 1 heteroatoms. The van der Waals surface area contributed by atoms with Crippen LogP contribution in [0.4, 0.5) is 0 Å². The third kappa shape index (κ3) is 5.59. The maximum atomic E-state index is 3.88. The summed E-state index contributed by atoms with van der Waals surface area (Å²) in [7, 11) is -0.963. The largest absolute Gasteiger partial charge is 0.0985 e. The minimum absolute atomic E-state index is 0.963. The molecular weight excluding hydrogens is 271 g/mol. The average molecular weight is 305 g/mol. The Morgan fingerprint density at radius 2 is 1.24 bits per heavy atom. The van der Waals surface area contributed by atoms with Crippen LogP contribution in [-0.4, -0.2) is 18.5 Å². The van der Waals surface area contributed by atoms with Crippen LogP contribution in [0.2, 0.25) is 0 Å². The summed E-state index contributed by atoms with van der Waals surface area (Å²) >= 11 is 0. The second-order valence-corrected chi connectivity index (χ2v) is 10.3. The number of benzene rings is 1. The second kappa shape index (κ2) is 10.2. The summed E-state index contributed by atoms with van der Waals surface area (Å²) in [4.78, 5) is 0. The van der Waals surface area contributed by atoms with E-state index in [1.54, 1.807) is 5.30 Å². The quantitative estimate of drug-likeness (QED) is 0.416. The summed E-state index contributed by atoms with van der Waals surface area (Å²) in [6.45, 7) is 10.9. The first-order chi connectivity index (χ1) is 10.2. The van der Waals surface area contributed by atoms with Crippen molar-refractivity contribution >= 4 is 18.6 Å². The van der Waals surface area contributed by atoms with Gasteiger partial charge in [-0.1, -0.05) is 84.2 Å². The Labute approximate surface area is 133 Å². The molecule has 0 aliphatic carbocycles. The Hall–Kier alpha value is -0.610. The van der Waals surface area contributed by atoms with Crippen LogP contribution in [0, 0.1) is 0 Å². The van der Waals surface area contributed by atoms with Gasteiger partial charge in [0.25, 0.3) is 0 Å². The Morgan fingerprint density at radius 1 is 0.810 bits per heavy atom. The van der Waals surface area contributed by atoms with Gasteiger partial charge >= 0.3 is 0 Å². The van der Waals surface area contributed by atoms with Gasteiger partial charge in [0.1, 0.15) is 0 Å². The zero-order valence-corrected chi connectivity index (χ0v) is 15.3. The summed E-state index contributed by atoms with van der Waals surface area (Å²) in [5.41, 5.74) is 1.25. The summed E-state index contributed by atoms with van der Waals surface area (Å²) in [6, 6.07) is 9.35. The predicted octanol–water partition coefficient (Wildman–Crippen LogP) is 6.37. The molecule has 0 N–H and O–H groups in total. The fourth-order valence-electron chi connectivity index (χ4n) is 3.03. The van der Waals surface area contributed by atoms with Crippen molar-refractivity contribution in [2.24, 2.45) is 0 Å². The Balaban J connectivity index is 3.05. The zero-order chi connectivity index (χ0) is 15.6. The molecule has 0 bridgehead atoms. The summed E-state index contributed by atoms with van der Waals surface area (Å²) in [5, 5.41) is 1.67. The van der Waals surface area contributed by atoms with E-state index in [0.29, 0.717) is 0 Å². The topological polar surface area (TPSA) is 0 Å². The maximum absolute atomic E-state index is 3.88. The van der Waals surface area contributed by atoms with E-state index in [9.17, 15) is 0 Å². The molecule has 0 amide bonds. The van der Waals surface area contributed by atoms with Gasteiger partial charge in [0, 0.05) is 0 Å². The van der Waals surface area contributed by atoms with Crippen LogP contribution in [0.3, 0.4) is 0 Å². The molecule has 0 saturated heterocycles. The molecular formula is C20H34P.